The van der Waals surface area contributed by atoms with E-state index >= 15 is 0 Å². The van der Waals surface area contributed by atoms with Crippen molar-refractivity contribution in [2.45, 2.75) is 13.3 Å². The average molecular weight is 224 g/mol. The van der Waals surface area contributed by atoms with E-state index in [2.05, 4.69) is 5.32 Å². The zero-order valence-corrected chi connectivity index (χ0v) is 9.42. The minimum Gasteiger partial charge on any atom is -0.352 e. The molecule has 1 rings (SSSR count). The zero-order chi connectivity index (χ0) is 11.1. The Labute approximate surface area is 94.9 Å². The number of carbonyl (C=O) groups is 1. The lowest BCUT2D eigenvalue weighted by Crippen LogP contribution is -2.24. The molecule has 1 aromatic rings. The van der Waals surface area contributed by atoms with Crippen LogP contribution in [0.15, 0.2) is 36.4 Å². The standard InChI is InChI=1S/C12H14ClNO/c1-2-3-6-9-14-12(15)10-7-4-5-8-11(10)13/h2-5,7-8H,6,9H2,1H3,(H,14,15)/b3-2-. The van der Waals surface area contributed by atoms with Crippen LogP contribution in [0.3, 0.4) is 0 Å². The molecule has 15 heavy (non-hydrogen) atoms. The van der Waals surface area contributed by atoms with E-state index < -0.39 is 0 Å². The van der Waals surface area contributed by atoms with Crippen molar-refractivity contribution in [2.24, 2.45) is 0 Å². The summed E-state index contributed by atoms with van der Waals surface area (Å²) in [7, 11) is 0. The molecular formula is C12H14ClNO. The second-order valence-corrected chi connectivity index (χ2v) is 3.50. The molecule has 0 fully saturated rings. The Morgan fingerprint density at radius 3 is 2.87 bits per heavy atom. The summed E-state index contributed by atoms with van der Waals surface area (Å²) in [5.74, 6) is -0.120. The number of hydrogen-bond acceptors (Lipinski definition) is 1. The molecule has 0 aliphatic carbocycles. The summed E-state index contributed by atoms with van der Waals surface area (Å²) in [6.45, 7) is 2.59. The SMILES string of the molecule is C/C=C\CCNC(=O)c1ccccc1Cl. The van der Waals surface area contributed by atoms with Gasteiger partial charge in [0.2, 0.25) is 0 Å². The number of allylic oxidation sites excluding steroid dienone is 1. The molecule has 0 spiro atoms. The van der Waals surface area contributed by atoms with Crippen molar-refractivity contribution in [1.82, 2.24) is 5.32 Å². The van der Waals surface area contributed by atoms with Crippen LogP contribution < -0.4 is 5.32 Å². The van der Waals surface area contributed by atoms with E-state index in [0.717, 1.165) is 6.42 Å². The zero-order valence-electron chi connectivity index (χ0n) is 8.66. The molecule has 2 nitrogen and oxygen atoms in total. The lowest BCUT2D eigenvalue weighted by atomic mass is 10.2. The summed E-state index contributed by atoms with van der Waals surface area (Å²) in [5.41, 5.74) is 0.527. The monoisotopic (exact) mass is 223 g/mol. The second-order valence-electron chi connectivity index (χ2n) is 3.09. The van der Waals surface area contributed by atoms with E-state index in [4.69, 9.17) is 11.6 Å². The quantitative estimate of drug-likeness (QED) is 0.617. The van der Waals surface area contributed by atoms with Crippen LogP contribution in [0.25, 0.3) is 0 Å². The molecule has 1 amide bonds. The number of halogens is 1. The lowest BCUT2D eigenvalue weighted by Gasteiger charge is -2.04. The van der Waals surface area contributed by atoms with Crippen molar-refractivity contribution in [3.8, 4) is 0 Å². The van der Waals surface area contributed by atoms with Crippen LogP contribution in [-0.4, -0.2) is 12.5 Å². The van der Waals surface area contributed by atoms with Gasteiger partial charge in [0.15, 0.2) is 0 Å². The van der Waals surface area contributed by atoms with E-state index in [-0.39, 0.29) is 5.91 Å². The molecule has 0 saturated carbocycles. The van der Waals surface area contributed by atoms with Gasteiger partial charge in [-0.25, -0.2) is 0 Å². The van der Waals surface area contributed by atoms with E-state index in [1.807, 2.05) is 19.1 Å². The predicted octanol–water partition coefficient (Wildman–Crippen LogP) is 3.04. The molecule has 0 unspecified atom stereocenters. The smallest absolute Gasteiger partial charge is 0.252 e. The Morgan fingerprint density at radius 1 is 1.47 bits per heavy atom. The summed E-state index contributed by atoms with van der Waals surface area (Å²) in [6.07, 6.45) is 4.81. The summed E-state index contributed by atoms with van der Waals surface area (Å²) < 4.78 is 0. The molecule has 0 radical (unpaired) electrons. The van der Waals surface area contributed by atoms with Crippen LogP contribution in [0, 0.1) is 0 Å². The molecule has 3 heteroatoms. The highest BCUT2D eigenvalue weighted by atomic mass is 35.5. The Balaban J connectivity index is 2.51. The van der Waals surface area contributed by atoms with Gasteiger partial charge >= 0.3 is 0 Å². The number of nitrogens with one attached hydrogen (secondary N) is 1. The first-order valence-electron chi connectivity index (χ1n) is 4.89. The number of hydrogen-bond donors (Lipinski definition) is 1. The van der Waals surface area contributed by atoms with Crippen LogP contribution in [0.5, 0.6) is 0 Å². The molecule has 0 aromatic heterocycles. The minimum atomic E-state index is -0.120. The third-order valence-electron chi connectivity index (χ3n) is 1.95. The van der Waals surface area contributed by atoms with Gasteiger partial charge in [-0.3, -0.25) is 4.79 Å². The van der Waals surface area contributed by atoms with Gasteiger partial charge in [0.1, 0.15) is 0 Å². The first kappa shape index (κ1) is 11.8. The Kier molecular flexibility index (Phi) is 4.91. The number of amides is 1. The first-order chi connectivity index (χ1) is 7.25. The Morgan fingerprint density at radius 2 is 2.20 bits per heavy atom. The van der Waals surface area contributed by atoms with Gasteiger partial charge in [0.05, 0.1) is 10.6 Å². The van der Waals surface area contributed by atoms with Crippen molar-refractivity contribution in [1.29, 1.82) is 0 Å². The molecule has 0 saturated heterocycles. The first-order valence-corrected chi connectivity index (χ1v) is 5.27. The molecule has 0 atom stereocenters. The molecule has 0 bridgehead atoms. The minimum absolute atomic E-state index is 0.120. The summed E-state index contributed by atoms with van der Waals surface area (Å²) in [5, 5.41) is 3.29. The highest BCUT2D eigenvalue weighted by Crippen LogP contribution is 2.14. The Bertz CT molecular complexity index is 360. The Hall–Kier alpha value is -1.28. The van der Waals surface area contributed by atoms with Crippen LogP contribution in [0.4, 0.5) is 0 Å². The molecule has 80 valence electrons. The molecule has 1 N–H and O–H groups in total. The average Bonchev–Trinajstić information content (AvgIpc) is 2.25. The van der Waals surface area contributed by atoms with Gasteiger partial charge in [-0.05, 0) is 25.5 Å². The fourth-order valence-corrected chi connectivity index (χ4v) is 1.40. The lowest BCUT2D eigenvalue weighted by molar-refractivity contribution is 0.0954. The normalized spacial score (nSPS) is 10.5. The maximum atomic E-state index is 11.6. The molecule has 0 aliphatic heterocycles. The van der Waals surface area contributed by atoms with E-state index in [0.29, 0.717) is 17.1 Å². The van der Waals surface area contributed by atoms with Gasteiger partial charge < -0.3 is 5.32 Å². The topological polar surface area (TPSA) is 29.1 Å². The molecular weight excluding hydrogens is 210 g/mol. The van der Waals surface area contributed by atoms with Crippen molar-refractivity contribution in [2.75, 3.05) is 6.54 Å². The van der Waals surface area contributed by atoms with E-state index in [1.165, 1.54) is 0 Å². The van der Waals surface area contributed by atoms with Gasteiger partial charge in [-0.1, -0.05) is 35.9 Å². The maximum absolute atomic E-state index is 11.6. The van der Waals surface area contributed by atoms with Crippen LogP contribution >= 0.6 is 11.6 Å². The number of rotatable bonds is 4. The van der Waals surface area contributed by atoms with Crippen molar-refractivity contribution in [3.05, 3.63) is 47.0 Å². The van der Waals surface area contributed by atoms with Gasteiger partial charge in [-0.2, -0.15) is 0 Å². The third kappa shape index (κ3) is 3.76. The predicted molar refractivity (Wildman–Crippen MR) is 63.2 cm³/mol. The van der Waals surface area contributed by atoms with Gasteiger partial charge in [0, 0.05) is 6.54 Å². The number of benzene rings is 1. The summed E-state index contributed by atoms with van der Waals surface area (Å²) >= 11 is 5.88. The van der Waals surface area contributed by atoms with Crippen molar-refractivity contribution in [3.63, 3.8) is 0 Å². The molecule has 1 aromatic carbocycles. The van der Waals surface area contributed by atoms with Gasteiger partial charge in [-0.15, -0.1) is 0 Å². The molecule has 0 aliphatic rings. The number of carbonyl (C=O) groups excluding carboxylic acids is 1. The summed E-state index contributed by atoms with van der Waals surface area (Å²) in [4.78, 5) is 11.6. The highest BCUT2D eigenvalue weighted by molar-refractivity contribution is 6.33. The van der Waals surface area contributed by atoms with Crippen molar-refractivity contribution >= 4 is 17.5 Å². The maximum Gasteiger partial charge on any atom is 0.252 e. The highest BCUT2D eigenvalue weighted by Gasteiger charge is 2.07. The fourth-order valence-electron chi connectivity index (χ4n) is 1.18. The fraction of sp³-hybridized carbons (Fsp3) is 0.250. The molecule has 0 heterocycles. The van der Waals surface area contributed by atoms with Gasteiger partial charge in [0.25, 0.3) is 5.91 Å². The van der Waals surface area contributed by atoms with Crippen LogP contribution in [-0.2, 0) is 0 Å². The summed E-state index contributed by atoms with van der Waals surface area (Å²) in [6, 6.07) is 7.03. The van der Waals surface area contributed by atoms with E-state index in [1.54, 1.807) is 24.3 Å². The van der Waals surface area contributed by atoms with Crippen LogP contribution in [0.2, 0.25) is 5.02 Å². The van der Waals surface area contributed by atoms with Crippen molar-refractivity contribution < 1.29 is 4.79 Å². The van der Waals surface area contributed by atoms with Crippen LogP contribution in [0.1, 0.15) is 23.7 Å². The largest absolute Gasteiger partial charge is 0.352 e. The second kappa shape index (κ2) is 6.25. The van der Waals surface area contributed by atoms with E-state index in [9.17, 15) is 4.79 Å². The third-order valence-corrected chi connectivity index (χ3v) is 2.28.